The molecule has 0 saturated carbocycles. The fourth-order valence-electron chi connectivity index (χ4n) is 1.79. The van der Waals surface area contributed by atoms with Crippen LogP contribution in [0.3, 0.4) is 0 Å². The summed E-state index contributed by atoms with van der Waals surface area (Å²) in [5, 5.41) is 16.0. The number of benzene rings is 1. The summed E-state index contributed by atoms with van der Waals surface area (Å²) in [5.41, 5.74) is 1.74. The Morgan fingerprint density at radius 2 is 2.06 bits per heavy atom. The van der Waals surface area contributed by atoms with Crippen LogP contribution in [0.2, 0.25) is 0 Å². The molecule has 86 valence electrons. The van der Waals surface area contributed by atoms with E-state index in [1.54, 1.807) is 11.7 Å². The molecule has 3 aromatic rings. The van der Waals surface area contributed by atoms with Crippen LogP contribution in [0.5, 0.6) is 0 Å². The van der Waals surface area contributed by atoms with Crippen molar-refractivity contribution in [1.29, 1.82) is 0 Å². The first-order valence-corrected chi connectivity index (χ1v) is 5.23. The van der Waals surface area contributed by atoms with Gasteiger partial charge >= 0.3 is 6.01 Å². The molecule has 0 aliphatic heterocycles. The third-order valence-corrected chi connectivity index (χ3v) is 2.60. The van der Waals surface area contributed by atoms with E-state index in [1.807, 2.05) is 31.3 Å². The van der Waals surface area contributed by atoms with E-state index in [-0.39, 0.29) is 0 Å². The Balaban J connectivity index is 2.23. The molecule has 0 radical (unpaired) electrons. The number of rotatable bonds is 2. The van der Waals surface area contributed by atoms with Crippen molar-refractivity contribution in [2.24, 2.45) is 7.05 Å². The molecule has 0 atom stereocenters. The maximum absolute atomic E-state index is 5.43. The zero-order chi connectivity index (χ0) is 11.8. The van der Waals surface area contributed by atoms with E-state index in [2.05, 4.69) is 20.6 Å². The fraction of sp³-hybridized carbons (Fsp3) is 0.182. The maximum Gasteiger partial charge on any atom is 0.315 e. The smallest absolute Gasteiger partial charge is 0.315 e. The number of nitrogens with zero attached hydrogens (tertiary/aromatic N) is 4. The highest BCUT2D eigenvalue weighted by atomic mass is 16.4. The lowest BCUT2D eigenvalue weighted by atomic mass is 10.2. The summed E-state index contributed by atoms with van der Waals surface area (Å²) in [4.78, 5) is 0. The van der Waals surface area contributed by atoms with E-state index in [1.165, 1.54) is 0 Å². The van der Waals surface area contributed by atoms with Crippen molar-refractivity contribution in [3.63, 3.8) is 0 Å². The minimum Gasteiger partial charge on any atom is -0.402 e. The number of hydrogen-bond donors (Lipinski definition) is 1. The first kappa shape index (κ1) is 9.83. The zero-order valence-corrected chi connectivity index (χ0v) is 9.51. The van der Waals surface area contributed by atoms with Crippen molar-refractivity contribution < 1.29 is 4.42 Å². The molecule has 0 saturated heterocycles. The highest BCUT2D eigenvalue weighted by Gasteiger charge is 2.15. The molecule has 0 aliphatic rings. The quantitative estimate of drug-likeness (QED) is 0.723. The second-order valence-electron chi connectivity index (χ2n) is 3.65. The number of aromatic nitrogens is 4. The Hall–Kier alpha value is -2.37. The van der Waals surface area contributed by atoms with Crippen LogP contribution in [-0.4, -0.2) is 27.0 Å². The SMILES string of the molecule is CNc1nnc(-c2nn(C)c3ccccc23)o1. The largest absolute Gasteiger partial charge is 0.402 e. The molecule has 17 heavy (non-hydrogen) atoms. The lowest BCUT2D eigenvalue weighted by molar-refractivity contribution is 0.581. The number of aryl methyl sites for hydroxylation is 1. The van der Waals surface area contributed by atoms with Crippen LogP contribution in [0.15, 0.2) is 28.7 Å². The normalized spacial score (nSPS) is 10.9. The van der Waals surface area contributed by atoms with Gasteiger partial charge in [0.2, 0.25) is 0 Å². The van der Waals surface area contributed by atoms with Crippen LogP contribution in [-0.2, 0) is 7.05 Å². The van der Waals surface area contributed by atoms with Gasteiger partial charge in [-0.3, -0.25) is 4.68 Å². The van der Waals surface area contributed by atoms with Crippen LogP contribution in [0.25, 0.3) is 22.5 Å². The molecule has 6 nitrogen and oxygen atoms in total. The standard InChI is InChI=1S/C11H11N5O/c1-12-11-14-13-10(17-11)9-7-5-3-4-6-8(7)16(2)15-9/h3-6H,1-2H3,(H,12,14). The van der Waals surface area contributed by atoms with Crippen molar-refractivity contribution in [2.45, 2.75) is 0 Å². The number of hydrogen-bond acceptors (Lipinski definition) is 5. The Morgan fingerprint density at radius 3 is 2.82 bits per heavy atom. The third-order valence-electron chi connectivity index (χ3n) is 2.60. The van der Waals surface area contributed by atoms with E-state index < -0.39 is 0 Å². The van der Waals surface area contributed by atoms with Crippen LogP contribution in [0.1, 0.15) is 0 Å². The van der Waals surface area contributed by atoms with Gasteiger partial charge in [-0.1, -0.05) is 23.3 Å². The van der Waals surface area contributed by atoms with Crippen molar-refractivity contribution in [2.75, 3.05) is 12.4 Å². The molecular formula is C11H11N5O. The Kier molecular flexibility index (Phi) is 2.07. The second kappa shape index (κ2) is 3.58. The van der Waals surface area contributed by atoms with Gasteiger partial charge in [0.05, 0.1) is 5.52 Å². The van der Waals surface area contributed by atoms with E-state index in [0.717, 1.165) is 10.9 Å². The minimum atomic E-state index is 0.384. The van der Waals surface area contributed by atoms with E-state index in [0.29, 0.717) is 17.6 Å². The predicted octanol–water partition coefficient (Wildman–Crippen LogP) is 1.66. The molecule has 0 unspecified atom stereocenters. The van der Waals surface area contributed by atoms with Gasteiger partial charge in [0.25, 0.3) is 5.89 Å². The van der Waals surface area contributed by atoms with Crippen LogP contribution in [0.4, 0.5) is 6.01 Å². The summed E-state index contributed by atoms with van der Waals surface area (Å²) in [6, 6.07) is 8.31. The molecule has 0 amide bonds. The molecular weight excluding hydrogens is 218 g/mol. The van der Waals surface area contributed by atoms with Gasteiger partial charge < -0.3 is 9.73 Å². The first-order valence-electron chi connectivity index (χ1n) is 5.23. The van der Waals surface area contributed by atoms with Gasteiger partial charge in [-0.15, -0.1) is 5.10 Å². The summed E-state index contributed by atoms with van der Waals surface area (Å²) in [6.45, 7) is 0. The Labute approximate surface area is 97.3 Å². The molecule has 0 fully saturated rings. The molecule has 6 heteroatoms. The molecule has 0 spiro atoms. The minimum absolute atomic E-state index is 0.384. The van der Waals surface area contributed by atoms with Crippen LogP contribution >= 0.6 is 0 Å². The topological polar surface area (TPSA) is 68.8 Å². The van der Waals surface area contributed by atoms with Crippen molar-refractivity contribution in [1.82, 2.24) is 20.0 Å². The van der Waals surface area contributed by atoms with E-state index in [9.17, 15) is 0 Å². The van der Waals surface area contributed by atoms with Gasteiger partial charge in [-0.2, -0.15) is 5.10 Å². The summed E-state index contributed by atoms with van der Waals surface area (Å²) in [6.07, 6.45) is 0. The Bertz CT molecular complexity index is 669. The van der Waals surface area contributed by atoms with Crippen molar-refractivity contribution in [3.05, 3.63) is 24.3 Å². The summed E-state index contributed by atoms with van der Waals surface area (Å²) in [7, 11) is 3.62. The molecule has 0 aliphatic carbocycles. The average Bonchev–Trinajstić information content (AvgIpc) is 2.95. The summed E-state index contributed by atoms with van der Waals surface area (Å²) in [5.74, 6) is 0.422. The molecule has 3 rings (SSSR count). The molecule has 0 bridgehead atoms. The lowest BCUT2D eigenvalue weighted by Crippen LogP contribution is -1.89. The highest BCUT2D eigenvalue weighted by molar-refractivity contribution is 5.91. The number of para-hydroxylation sites is 1. The van der Waals surface area contributed by atoms with Crippen molar-refractivity contribution in [3.8, 4) is 11.6 Å². The molecule has 2 heterocycles. The lowest BCUT2D eigenvalue weighted by Gasteiger charge is -1.90. The zero-order valence-electron chi connectivity index (χ0n) is 9.51. The van der Waals surface area contributed by atoms with Gasteiger partial charge in [-0.05, 0) is 6.07 Å². The second-order valence-corrected chi connectivity index (χ2v) is 3.65. The monoisotopic (exact) mass is 229 g/mol. The van der Waals surface area contributed by atoms with Gasteiger partial charge in [0.15, 0.2) is 5.69 Å². The van der Waals surface area contributed by atoms with E-state index in [4.69, 9.17) is 4.42 Å². The fourth-order valence-corrected chi connectivity index (χ4v) is 1.79. The van der Waals surface area contributed by atoms with Crippen LogP contribution < -0.4 is 5.32 Å². The molecule has 1 aromatic carbocycles. The summed E-state index contributed by atoms with van der Waals surface area (Å²) >= 11 is 0. The number of nitrogens with one attached hydrogen (secondary N) is 1. The van der Waals surface area contributed by atoms with Crippen molar-refractivity contribution >= 4 is 16.9 Å². The number of fused-ring (bicyclic) bond motifs is 1. The van der Waals surface area contributed by atoms with Gasteiger partial charge in [-0.25, -0.2) is 0 Å². The van der Waals surface area contributed by atoms with E-state index >= 15 is 0 Å². The van der Waals surface area contributed by atoms with Gasteiger partial charge in [0, 0.05) is 19.5 Å². The predicted molar refractivity (Wildman–Crippen MR) is 63.6 cm³/mol. The summed E-state index contributed by atoms with van der Waals surface area (Å²) < 4.78 is 7.23. The average molecular weight is 229 g/mol. The Morgan fingerprint density at radius 1 is 1.24 bits per heavy atom. The maximum atomic E-state index is 5.43. The van der Waals surface area contributed by atoms with Crippen LogP contribution in [0, 0.1) is 0 Å². The first-order chi connectivity index (χ1) is 8.29. The van der Waals surface area contributed by atoms with Gasteiger partial charge in [0.1, 0.15) is 0 Å². The molecule has 1 N–H and O–H groups in total. The highest BCUT2D eigenvalue weighted by Crippen LogP contribution is 2.26. The third kappa shape index (κ3) is 1.45. The number of anilines is 1. The molecule has 2 aromatic heterocycles.